The largest absolute Gasteiger partial charge is 0.378 e. The van der Waals surface area contributed by atoms with Crippen LogP contribution in [0.1, 0.15) is 46.2 Å². The van der Waals surface area contributed by atoms with Gasteiger partial charge in [0, 0.05) is 31.9 Å². The van der Waals surface area contributed by atoms with Crippen LogP contribution in [0.5, 0.6) is 0 Å². The fourth-order valence-corrected chi connectivity index (χ4v) is 4.76. The summed E-state index contributed by atoms with van der Waals surface area (Å²) in [5.74, 6) is -0.247. The van der Waals surface area contributed by atoms with Crippen molar-refractivity contribution in [3.05, 3.63) is 70.9 Å². The number of fused-ring (bicyclic) bond motifs is 1. The molecule has 31 heavy (non-hydrogen) atoms. The molecule has 0 radical (unpaired) electrons. The minimum Gasteiger partial charge on any atom is -0.378 e. The molecule has 0 spiro atoms. The number of morpholine rings is 1. The fraction of sp³-hybridized carbons (Fsp3) is 0.417. The Kier molecular flexibility index (Phi) is 5.46. The van der Waals surface area contributed by atoms with E-state index in [0.717, 1.165) is 41.9 Å². The summed E-state index contributed by atoms with van der Waals surface area (Å²) in [6.45, 7) is 5.88. The molecule has 1 atom stereocenters. The van der Waals surface area contributed by atoms with Gasteiger partial charge in [0.25, 0.3) is 5.91 Å². The number of carbonyl (C=O) groups is 1. The number of amides is 1. The van der Waals surface area contributed by atoms with Crippen molar-refractivity contribution >= 4 is 11.6 Å². The zero-order valence-corrected chi connectivity index (χ0v) is 17.8. The van der Waals surface area contributed by atoms with Crippen molar-refractivity contribution in [3.8, 4) is 0 Å². The van der Waals surface area contributed by atoms with Crippen molar-refractivity contribution in [2.45, 2.75) is 32.4 Å². The average Bonchev–Trinajstić information content (AvgIpc) is 3.41. The third-order valence-electron chi connectivity index (χ3n) is 6.42. The van der Waals surface area contributed by atoms with Crippen LogP contribution in [0.15, 0.2) is 42.6 Å². The quantitative estimate of drug-likeness (QED) is 0.645. The predicted octanol–water partition coefficient (Wildman–Crippen LogP) is 3.59. The van der Waals surface area contributed by atoms with E-state index in [1.54, 1.807) is 0 Å². The first kappa shape index (κ1) is 20.2. The van der Waals surface area contributed by atoms with Gasteiger partial charge in [-0.3, -0.25) is 9.69 Å². The van der Waals surface area contributed by atoms with Gasteiger partial charge in [-0.15, -0.1) is 0 Å². The van der Waals surface area contributed by atoms with Crippen molar-refractivity contribution in [2.75, 3.05) is 32.8 Å². The van der Waals surface area contributed by atoms with Crippen LogP contribution < -0.4 is 0 Å². The zero-order valence-electron chi connectivity index (χ0n) is 17.8. The number of hydrogen-bond donors (Lipinski definition) is 0. The highest BCUT2D eigenvalue weighted by atomic mass is 19.1. The SMILES string of the molecule is Cc1cccn2c(CN3CCC[C@@H]3c3ccc(F)cc3)c(C(=O)N3CCOCC3)nc12. The standard InChI is InChI=1S/C24H27FN4O2/c1-17-4-2-11-29-21(22(26-23(17)29)24(30)27-12-14-31-15-13-27)16-28-10-3-5-20(28)18-6-8-19(25)9-7-18/h2,4,6-9,11,20H,3,5,10,12-16H2,1H3/t20-/m1/s1. The van der Waals surface area contributed by atoms with Crippen molar-refractivity contribution < 1.29 is 13.9 Å². The van der Waals surface area contributed by atoms with E-state index in [2.05, 4.69) is 9.30 Å². The highest BCUT2D eigenvalue weighted by Gasteiger charge is 2.31. The maximum Gasteiger partial charge on any atom is 0.274 e. The number of benzene rings is 1. The Balaban J connectivity index is 1.51. The van der Waals surface area contributed by atoms with E-state index in [0.29, 0.717) is 38.5 Å². The van der Waals surface area contributed by atoms with E-state index in [4.69, 9.17) is 9.72 Å². The molecule has 4 heterocycles. The van der Waals surface area contributed by atoms with E-state index in [9.17, 15) is 9.18 Å². The van der Waals surface area contributed by atoms with Gasteiger partial charge in [-0.1, -0.05) is 18.2 Å². The summed E-state index contributed by atoms with van der Waals surface area (Å²) in [5, 5.41) is 0. The summed E-state index contributed by atoms with van der Waals surface area (Å²) in [6.07, 6.45) is 4.09. The fourth-order valence-electron chi connectivity index (χ4n) is 4.76. The van der Waals surface area contributed by atoms with Crippen LogP contribution >= 0.6 is 0 Å². The highest BCUT2D eigenvalue weighted by molar-refractivity contribution is 5.94. The van der Waals surface area contributed by atoms with Crippen LogP contribution in [-0.4, -0.2) is 57.9 Å². The third kappa shape index (κ3) is 3.83. The molecule has 162 valence electrons. The van der Waals surface area contributed by atoms with Crippen LogP contribution in [0.25, 0.3) is 5.65 Å². The number of imidazole rings is 1. The molecule has 7 heteroatoms. The van der Waals surface area contributed by atoms with E-state index in [1.165, 1.54) is 12.1 Å². The summed E-state index contributed by atoms with van der Waals surface area (Å²) >= 11 is 0. The number of halogens is 1. The summed E-state index contributed by atoms with van der Waals surface area (Å²) in [7, 11) is 0. The van der Waals surface area contributed by atoms with Crippen LogP contribution in [0.2, 0.25) is 0 Å². The monoisotopic (exact) mass is 422 g/mol. The molecule has 2 saturated heterocycles. The number of aromatic nitrogens is 2. The van der Waals surface area contributed by atoms with Crippen LogP contribution in [-0.2, 0) is 11.3 Å². The van der Waals surface area contributed by atoms with Crippen LogP contribution in [0.3, 0.4) is 0 Å². The van der Waals surface area contributed by atoms with E-state index in [-0.39, 0.29) is 17.8 Å². The van der Waals surface area contributed by atoms with Gasteiger partial charge in [0.2, 0.25) is 0 Å². The van der Waals surface area contributed by atoms with Gasteiger partial charge in [0.15, 0.2) is 5.69 Å². The Bertz CT molecular complexity index is 1090. The lowest BCUT2D eigenvalue weighted by Crippen LogP contribution is -2.41. The first-order valence-corrected chi connectivity index (χ1v) is 10.9. The predicted molar refractivity (Wildman–Crippen MR) is 115 cm³/mol. The number of pyridine rings is 1. The number of nitrogens with zero attached hydrogens (tertiary/aromatic N) is 4. The highest BCUT2D eigenvalue weighted by Crippen LogP contribution is 2.34. The molecule has 1 aromatic carbocycles. The average molecular weight is 423 g/mol. The molecule has 0 aliphatic carbocycles. The molecular weight excluding hydrogens is 395 g/mol. The minimum absolute atomic E-state index is 0.0288. The van der Waals surface area contributed by atoms with Gasteiger partial charge < -0.3 is 14.0 Å². The number of carbonyl (C=O) groups excluding carboxylic acids is 1. The first-order valence-electron chi connectivity index (χ1n) is 10.9. The zero-order chi connectivity index (χ0) is 21.4. The molecule has 0 bridgehead atoms. The molecule has 0 saturated carbocycles. The van der Waals surface area contributed by atoms with Crippen molar-refractivity contribution in [3.63, 3.8) is 0 Å². The molecule has 2 fully saturated rings. The summed E-state index contributed by atoms with van der Waals surface area (Å²) in [5.41, 5.74) is 4.43. The van der Waals surface area contributed by atoms with Crippen LogP contribution in [0.4, 0.5) is 4.39 Å². The molecule has 2 aliphatic heterocycles. The van der Waals surface area contributed by atoms with E-state index >= 15 is 0 Å². The number of aryl methyl sites for hydroxylation is 1. The van der Waals surface area contributed by atoms with Crippen molar-refractivity contribution in [2.24, 2.45) is 0 Å². The van der Waals surface area contributed by atoms with Gasteiger partial charge in [0.1, 0.15) is 11.5 Å². The second-order valence-corrected chi connectivity index (χ2v) is 8.38. The molecule has 5 rings (SSSR count). The topological polar surface area (TPSA) is 50.1 Å². The molecule has 6 nitrogen and oxygen atoms in total. The maximum atomic E-state index is 13.4. The molecule has 3 aromatic rings. The Morgan fingerprint density at radius 1 is 1.16 bits per heavy atom. The third-order valence-corrected chi connectivity index (χ3v) is 6.42. The molecule has 0 N–H and O–H groups in total. The maximum absolute atomic E-state index is 13.4. The Morgan fingerprint density at radius 2 is 1.94 bits per heavy atom. The number of rotatable bonds is 4. The van der Waals surface area contributed by atoms with Gasteiger partial charge in [0.05, 0.1) is 18.9 Å². The molecule has 2 aromatic heterocycles. The van der Waals surface area contributed by atoms with Gasteiger partial charge in [-0.05, 0) is 55.6 Å². The number of ether oxygens (including phenoxy) is 1. The number of likely N-dealkylation sites (tertiary alicyclic amines) is 1. The Morgan fingerprint density at radius 3 is 2.71 bits per heavy atom. The lowest BCUT2D eigenvalue weighted by molar-refractivity contribution is 0.0298. The summed E-state index contributed by atoms with van der Waals surface area (Å²) < 4.78 is 20.9. The Hall–Kier alpha value is -2.77. The molecule has 0 unspecified atom stereocenters. The lowest BCUT2D eigenvalue weighted by Gasteiger charge is -2.28. The second-order valence-electron chi connectivity index (χ2n) is 8.38. The second kappa shape index (κ2) is 8.40. The Labute approximate surface area is 181 Å². The van der Waals surface area contributed by atoms with Crippen molar-refractivity contribution in [1.29, 1.82) is 0 Å². The molecule has 1 amide bonds. The first-order chi connectivity index (χ1) is 15.1. The number of hydrogen-bond acceptors (Lipinski definition) is 4. The summed E-state index contributed by atoms with van der Waals surface area (Å²) in [6, 6.07) is 11.0. The molecule has 2 aliphatic rings. The summed E-state index contributed by atoms with van der Waals surface area (Å²) in [4.78, 5) is 22.4. The minimum atomic E-state index is -0.219. The molecular formula is C24H27FN4O2. The lowest BCUT2D eigenvalue weighted by atomic mass is 10.0. The normalized spacial score (nSPS) is 19.9. The van der Waals surface area contributed by atoms with Crippen molar-refractivity contribution in [1.82, 2.24) is 19.2 Å². The van der Waals surface area contributed by atoms with Crippen LogP contribution in [0, 0.1) is 12.7 Å². The smallest absolute Gasteiger partial charge is 0.274 e. The van der Waals surface area contributed by atoms with Gasteiger partial charge in [-0.25, -0.2) is 9.37 Å². The van der Waals surface area contributed by atoms with Gasteiger partial charge >= 0.3 is 0 Å². The van der Waals surface area contributed by atoms with Gasteiger partial charge in [-0.2, -0.15) is 0 Å². The van der Waals surface area contributed by atoms with E-state index in [1.807, 2.05) is 42.3 Å². The van der Waals surface area contributed by atoms with E-state index < -0.39 is 0 Å².